The zero-order chi connectivity index (χ0) is 11.0. The molecular weight excluding hydrogens is 205 g/mol. The van der Waals surface area contributed by atoms with Gasteiger partial charge in [-0.15, -0.1) is 0 Å². The molecular formula is C12H8FN3. The number of fused-ring (bicyclic) bond motifs is 1. The maximum atomic E-state index is 12.9. The van der Waals surface area contributed by atoms with Crippen LogP contribution < -0.4 is 0 Å². The van der Waals surface area contributed by atoms with Crippen LogP contribution in [0.5, 0.6) is 0 Å². The van der Waals surface area contributed by atoms with Crippen LogP contribution in [-0.4, -0.2) is 15.0 Å². The van der Waals surface area contributed by atoms with E-state index in [1.807, 2.05) is 30.3 Å². The van der Waals surface area contributed by atoms with Crippen molar-refractivity contribution >= 4 is 11.2 Å². The van der Waals surface area contributed by atoms with Gasteiger partial charge in [0.1, 0.15) is 5.82 Å². The van der Waals surface area contributed by atoms with E-state index in [1.165, 1.54) is 6.07 Å². The Hall–Kier alpha value is -2.23. The summed E-state index contributed by atoms with van der Waals surface area (Å²) in [6.07, 6.45) is 0. The summed E-state index contributed by atoms with van der Waals surface area (Å²) in [5.41, 5.74) is 2.10. The highest BCUT2D eigenvalue weighted by molar-refractivity contribution is 5.75. The maximum Gasteiger partial charge on any atom is 0.215 e. The second-order valence-corrected chi connectivity index (χ2v) is 3.46. The van der Waals surface area contributed by atoms with Crippen LogP contribution in [0.4, 0.5) is 4.39 Å². The van der Waals surface area contributed by atoms with E-state index in [2.05, 4.69) is 15.0 Å². The van der Waals surface area contributed by atoms with Crippen molar-refractivity contribution in [2.45, 2.75) is 0 Å². The predicted molar refractivity (Wildman–Crippen MR) is 59.3 cm³/mol. The highest BCUT2D eigenvalue weighted by Crippen LogP contribution is 2.18. The van der Waals surface area contributed by atoms with Crippen molar-refractivity contribution < 1.29 is 4.39 Å². The molecule has 0 amide bonds. The topological polar surface area (TPSA) is 41.6 Å². The Morgan fingerprint density at radius 3 is 2.56 bits per heavy atom. The number of H-pyrrole nitrogens is 1. The first-order valence-corrected chi connectivity index (χ1v) is 4.90. The molecule has 0 bridgehead atoms. The molecule has 3 rings (SSSR count). The summed E-state index contributed by atoms with van der Waals surface area (Å²) < 4.78 is 12.9. The minimum Gasteiger partial charge on any atom is -0.337 e. The van der Waals surface area contributed by atoms with Crippen molar-refractivity contribution in [2.24, 2.45) is 0 Å². The number of rotatable bonds is 1. The van der Waals surface area contributed by atoms with E-state index in [1.54, 1.807) is 6.07 Å². The molecule has 0 spiro atoms. The zero-order valence-corrected chi connectivity index (χ0v) is 8.31. The molecule has 0 radical (unpaired) electrons. The molecule has 2 heterocycles. The molecule has 0 saturated carbocycles. The number of hydrogen-bond acceptors (Lipinski definition) is 2. The van der Waals surface area contributed by atoms with E-state index in [0.29, 0.717) is 11.5 Å². The second-order valence-electron chi connectivity index (χ2n) is 3.46. The molecule has 3 nitrogen and oxygen atoms in total. The molecule has 3 aromatic rings. The summed E-state index contributed by atoms with van der Waals surface area (Å²) in [4.78, 5) is 11.0. The van der Waals surface area contributed by atoms with Crippen molar-refractivity contribution in [3.8, 4) is 11.4 Å². The summed E-state index contributed by atoms with van der Waals surface area (Å²) in [5.74, 6) is 0.187. The van der Waals surface area contributed by atoms with Gasteiger partial charge in [-0.25, -0.2) is 4.98 Å². The van der Waals surface area contributed by atoms with E-state index in [9.17, 15) is 4.39 Å². The number of benzene rings is 1. The zero-order valence-electron chi connectivity index (χ0n) is 8.31. The lowest BCUT2D eigenvalue weighted by Gasteiger charge is -1.92. The molecule has 78 valence electrons. The van der Waals surface area contributed by atoms with Crippen molar-refractivity contribution in [2.75, 3.05) is 0 Å². The van der Waals surface area contributed by atoms with Crippen LogP contribution >= 0.6 is 0 Å². The van der Waals surface area contributed by atoms with Crippen molar-refractivity contribution in [1.29, 1.82) is 0 Å². The average molecular weight is 213 g/mol. The normalized spacial score (nSPS) is 10.8. The molecule has 2 aromatic heterocycles. The van der Waals surface area contributed by atoms with E-state index < -0.39 is 5.95 Å². The maximum absolute atomic E-state index is 12.9. The number of pyridine rings is 1. The monoisotopic (exact) mass is 213 g/mol. The standard InChI is InChI=1S/C12H8FN3/c13-10-7-6-9-12(15-10)16-11(14-9)8-4-2-1-3-5-8/h1-7H,(H,14,15,16). The average Bonchev–Trinajstić information content (AvgIpc) is 2.73. The fourth-order valence-electron chi connectivity index (χ4n) is 1.60. The summed E-state index contributed by atoms with van der Waals surface area (Å²) in [7, 11) is 0. The van der Waals surface area contributed by atoms with Crippen molar-refractivity contribution in [3.05, 3.63) is 48.4 Å². The number of imidazole rings is 1. The van der Waals surface area contributed by atoms with Crippen LogP contribution in [0.3, 0.4) is 0 Å². The van der Waals surface area contributed by atoms with Crippen LogP contribution in [0.2, 0.25) is 0 Å². The lowest BCUT2D eigenvalue weighted by Crippen LogP contribution is -1.81. The first-order chi connectivity index (χ1) is 7.83. The molecule has 0 aliphatic carbocycles. The smallest absolute Gasteiger partial charge is 0.215 e. The Balaban J connectivity index is 2.19. The highest BCUT2D eigenvalue weighted by atomic mass is 19.1. The lowest BCUT2D eigenvalue weighted by molar-refractivity contribution is 0.588. The minimum atomic E-state index is -0.515. The third kappa shape index (κ3) is 1.44. The highest BCUT2D eigenvalue weighted by Gasteiger charge is 2.06. The molecule has 16 heavy (non-hydrogen) atoms. The van der Waals surface area contributed by atoms with E-state index >= 15 is 0 Å². The molecule has 1 N–H and O–H groups in total. The van der Waals surface area contributed by atoms with Crippen LogP contribution in [0, 0.1) is 5.95 Å². The molecule has 0 aliphatic heterocycles. The molecule has 0 aliphatic rings. The Labute approximate surface area is 91.0 Å². The number of aromatic nitrogens is 3. The molecule has 4 heteroatoms. The third-order valence-corrected chi connectivity index (χ3v) is 2.36. The van der Waals surface area contributed by atoms with Gasteiger partial charge in [0.15, 0.2) is 5.65 Å². The fraction of sp³-hybridized carbons (Fsp3) is 0. The molecule has 0 atom stereocenters. The third-order valence-electron chi connectivity index (χ3n) is 2.36. The number of aromatic amines is 1. The van der Waals surface area contributed by atoms with Gasteiger partial charge in [-0.3, -0.25) is 0 Å². The van der Waals surface area contributed by atoms with Crippen LogP contribution in [-0.2, 0) is 0 Å². The molecule has 0 unspecified atom stereocenters. The minimum absolute atomic E-state index is 0.402. The van der Waals surface area contributed by atoms with Gasteiger partial charge in [-0.05, 0) is 12.1 Å². The van der Waals surface area contributed by atoms with Gasteiger partial charge in [0.25, 0.3) is 0 Å². The predicted octanol–water partition coefficient (Wildman–Crippen LogP) is 2.76. The first kappa shape index (κ1) is 9.03. The summed E-state index contributed by atoms with van der Waals surface area (Å²) in [6, 6.07) is 12.6. The van der Waals surface area contributed by atoms with Gasteiger partial charge in [-0.2, -0.15) is 9.37 Å². The number of halogens is 1. The summed E-state index contributed by atoms with van der Waals surface area (Å²) >= 11 is 0. The largest absolute Gasteiger partial charge is 0.337 e. The molecule has 0 fully saturated rings. The lowest BCUT2D eigenvalue weighted by atomic mass is 10.2. The SMILES string of the molecule is Fc1ccc2[nH]c(-c3ccccc3)nc2n1. The van der Waals surface area contributed by atoms with Crippen molar-refractivity contribution in [1.82, 2.24) is 15.0 Å². The van der Waals surface area contributed by atoms with E-state index in [-0.39, 0.29) is 0 Å². The van der Waals surface area contributed by atoms with Gasteiger partial charge in [0, 0.05) is 5.56 Å². The van der Waals surface area contributed by atoms with Crippen LogP contribution in [0.25, 0.3) is 22.6 Å². The van der Waals surface area contributed by atoms with Crippen molar-refractivity contribution in [3.63, 3.8) is 0 Å². The van der Waals surface area contributed by atoms with Gasteiger partial charge in [0.2, 0.25) is 5.95 Å². The van der Waals surface area contributed by atoms with Gasteiger partial charge < -0.3 is 4.98 Å². The fourth-order valence-corrected chi connectivity index (χ4v) is 1.60. The van der Waals surface area contributed by atoms with E-state index in [0.717, 1.165) is 11.1 Å². The quantitative estimate of drug-likeness (QED) is 0.631. The summed E-state index contributed by atoms with van der Waals surface area (Å²) in [5, 5.41) is 0. The Kier molecular flexibility index (Phi) is 1.93. The Morgan fingerprint density at radius 1 is 0.938 bits per heavy atom. The van der Waals surface area contributed by atoms with Crippen LogP contribution in [0.15, 0.2) is 42.5 Å². The number of hydrogen-bond donors (Lipinski definition) is 1. The Bertz CT molecular complexity index is 631. The van der Waals surface area contributed by atoms with Gasteiger partial charge >= 0.3 is 0 Å². The second kappa shape index (κ2) is 3.41. The first-order valence-electron chi connectivity index (χ1n) is 4.90. The van der Waals surface area contributed by atoms with Gasteiger partial charge in [-0.1, -0.05) is 30.3 Å². The van der Waals surface area contributed by atoms with E-state index in [4.69, 9.17) is 0 Å². The van der Waals surface area contributed by atoms with Crippen LogP contribution in [0.1, 0.15) is 0 Å². The molecule has 0 saturated heterocycles. The van der Waals surface area contributed by atoms with Gasteiger partial charge in [0.05, 0.1) is 5.52 Å². The number of nitrogens with one attached hydrogen (secondary N) is 1. The number of nitrogens with zero attached hydrogens (tertiary/aromatic N) is 2. The molecule has 1 aromatic carbocycles. The summed E-state index contributed by atoms with van der Waals surface area (Å²) in [6.45, 7) is 0. The Morgan fingerprint density at radius 2 is 1.75 bits per heavy atom.